The predicted octanol–water partition coefficient (Wildman–Crippen LogP) is -4.41. The molecular formula is C18H28NO15S2-3. The van der Waals surface area contributed by atoms with E-state index in [-0.39, 0.29) is 0 Å². The minimum atomic E-state index is -5.41. The van der Waals surface area contributed by atoms with Crippen molar-refractivity contribution in [1.82, 2.24) is 4.72 Å². The second kappa shape index (κ2) is 10.4. The molecule has 2 aliphatic rings. The van der Waals surface area contributed by atoms with Gasteiger partial charge >= 0.3 is 0 Å². The summed E-state index contributed by atoms with van der Waals surface area (Å²) in [5.74, 6) is -2.77. The zero-order valence-corrected chi connectivity index (χ0v) is 21.3. The molecule has 2 aliphatic heterocycles. The van der Waals surface area contributed by atoms with Gasteiger partial charge in [0.05, 0.1) is 43.7 Å². The van der Waals surface area contributed by atoms with E-state index in [4.69, 9.17) is 14.2 Å². The fraction of sp³-hybridized carbons (Fsp3) is 0.833. The molecule has 2 rings (SSSR count). The van der Waals surface area contributed by atoms with Crippen molar-refractivity contribution in [2.45, 2.75) is 69.4 Å². The van der Waals surface area contributed by atoms with Crippen molar-refractivity contribution in [2.24, 2.45) is 5.41 Å². The van der Waals surface area contributed by atoms with Gasteiger partial charge in [-0.05, 0) is 26.8 Å². The number of aliphatic hydroxyl groups is 3. The Morgan fingerprint density at radius 3 is 2.19 bits per heavy atom. The van der Waals surface area contributed by atoms with Gasteiger partial charge in [0.25, 0.3) is 0 Å². The van der Waals surface area contributed by atoms with Gasteiger partial charge in [0, 0.05) is 5.41 Å². The maximum absolute atomic E-state index is 11.3. The van der Waals surface area contributed by atoms with Crippen LogP contribution in [0.25, 0.3) is 0 Å². The molecule has 2 heterocycles. The fourth-order valence-electron chi connectivity index (χ4n) is 4.24. The third kappa shape index (κ3) is 6.90. The summed E-state index contributed by atoms with van der Waals surface area (Å²) in [5, 5.41) is 42.3. The first-order valence-electron chi connectivity index (χ1n) is 10.4. The van der Waals surface area contributed by atoms with Crippen LogP contribution in [-0.4, -0.2) is 109 Å². The molecule has 0 aromatic carbocycles. The Balaban J connectivity index is 2.33. The topological polar surface area (TPSA) is 264 Å². The van der Waals surface area contributed by atoms with Gasteiger partial charge in [0.1, 0.15) is 23.9 Å². The minimum absolute atomic E-state index is 0.566. The van der Waals surface area contributed by atoms with Crippen molar-refractivity contribution in [3.05, 3.63) is 11.8 Å². The highest BCUT2D eigenvalue weighted by molar-refractivity contribution is 7.83. The zero-order chi connectivity index (χ0) is 27.9. The molecule has 0 aromatic rings. The summed E-state index contributed by atoms with van der Waals surface area (Å²) in [7, 11) is -10.5. The van der Waals surface area contributed by atoms with E-state index in [2.05, 4.69) is 4.18 Å². The molecule has 1 fully saturated rings. The Morgan fingerprint density at radius 1 is 1.14 bits per heavy atom. The monoisotopic (exact) mass is 562 g/mol. The number of carboxylic acid groups (broad SMARTS) is 1. The first-order valence-corrected chi connectivity index (χ1v) is 13.1. The standard InChI is InChI=1S/C18H31NO15S2/c1-16(2)12(19-35(25,26)27)13(22)17(3,11(6-20)33-16)7-31-8-18(4)14(34-36(28,29)30)9(21)5-10(32-18)15(23)24/h5,9,11-14,19-22H,6-8H2,1-4H3,(H,23,24)(H,25,26,27)(H,28,29,30)/p-3/t9-,11?,12?,13+,14?,17-,18-/m1/s1. The average Bonchev–Trinajstić information content (AvgIpc) is 2.69. The smallest absolute Gasteiger partial charge is 0.218 e. The van der Waals surface area contributed by atoms with Crippen LogP contribution >= 0.6 is 0 Å². The van der Waals surface area contributed by atoms with Crippen LogP contribution in [-0.2, 0) is 43.9 Å². The maximum atomic E-state index is 11.3. The molecule has 0 saturated carbocycles. The lowest BCUT2D eigenvalue weighted by Crippen LogP contribution is -2.70. The van der Waals surface area contributed by atoms with E-state index in [1.807, 2.05) is 0 Å². The van der Waals surface area contributed by atoms with Gasteiger partial charge in [0.2, 0.25) is 10.4 Å². The third-order valence-electron chi connectivity index (χ3n) is 6.16. The van der Waals surface area contributed by atoms with Gasteiger partial charge in [-0.3, -0.25) is 4.18 Å². The normalized spacial score (nSPS) is 37.1. The van der Waals surface area contributed by atoms with Crippen LogP contribution in [0.5, 0.6) is 0 Å². The molecule has 4 N–H and O–H groups in total. The van der Waals surface area contributed by atoms with Crippen molar-refractivity contribution in [1.29, 1.82) is 0 Å². The lowest BCUT2D eigenvalue weighted by Gasteiger charge is -2.55. The number of rotatable bonds is 10. The van der Waals surface area contributed by atoms with Crippen molar-refractivity contribution in [3.63, 3.8) is 0 Å². The number of carbonyl (C=O) groups is 1. The van der Waals surface area contributed by atoms with Gasteiger partial charge in [-0.15, -0.1) is 0 Å². The summed E-state index contributed by atoms with van der Waals surface area (Å²) in [6.07, 6.45) is -6.20. The van der Waals surface area contributed by atoms with E-state index in [0.29, 0.717) is 6.08 Å². The fourth-order valence-corrected chi connectivity index (χ4v) is 5.53. The molecule has 1 saturated heterocycles. The first kappa shape index (κ1) is 30.8. The molecule has 0 aliphatic carbocycles. The zero-order valence-electron chi connectivity index (χ0n) is 19.6. The molecule has 0 radical (unpaired) electrons. The van der Waals surface area contributed by atoms with Crippen LogP contribution in [0.1, 0.15) is 27.7 Å². The lowest BCUT2D eigenvalue weighted by molar-refractivity contribution is -0.307. The van der Waals surface area contributed by atoms with E-state index < -0.39 is 99.3 Å². The van der Waals surface area contributed by atoms with E-state index in [1.165, 1.54) is 20.8 Å². The van der Waals surface area contributed by atoms with Gasteiger partial charge in [-0.25, -0.2) is 21.6 Å². The highest BCUT2D eigenvalue weighted by atomic mass is 32.3. The van der Waals surface area contributed by atoms with Crippen molar-refractivity contribution < 1.29 is 69.6 Å². The van der Waals surface area contributed by atoms with Gasteiger partial charge < -0.3 is 48.5 Å². The van der Waals surface area contributed by atoms with Crippen molar-refractivity contribution in [3.8, 4) is 0 Å². The highest BCUT2D eigenvalue weighted by Crippen LogP contribution is 2.42. The molecular weight excluding hydrogens is 534 g/mol. The number of carboxylic acids is 1. The second-order valence-corrected chi connectivity index (χ2v) is 11.7. The molecule has 0 spiro atoms. The summed E-state index contributed by atoms with van der Waals surface area (Å²) in [4.78, 5) is 11.3. The summed E-state index contributed by atoms with van der Waals surface area (Å²) >= 11 is 0. The Kier molecular flexibility index (Phi) is 8.86. The van der Waals surface area contributed by atoms with Crippen LogP contribution in [0.2, 0.25) is 0 Å². The molecule has 0 amide bonds. The van der Waals surface area contributed by atoms with E-state index in [0.717, 1.165) is 6.92 Å². The molecule has 0 aromatic heterocycles. The quantitative estimate of drug-likeness (QED) is 0.145. The minimum Gasteiger partial charge on any atom is -0.735 e. The van der Waals surface area contributed by atoms with Crippen LogP contribution < -0.4 is 9.83 Å². The number of aliphatic carboxylic acids is 1. The summed E-state index contributed by atoms with van der Waals surface area (Å²) in [6.45, 7) is 3.15. The number of ether oxygens (including phenoxy) is 3. The van der Waals surface area contributed by atoms with Gasteiger partial charge in [-0.2, -0.15) is 0 Å². The summed E-state index contributed by atoms with van der Waals surface area (Å²) in [6, 6.07) is -1.49. The molecule has 18 heteroatoms. The molecule has 36 heavy (non-hydrogen) atoms. The number of nitrogens with one attached hydrogen (secondary N) is 1. The molecule has 16 nitrogen and oxygen atoms in total. The second-order valence-electron chi connectivity index (χ2n) is 9.53. The van der Waals surface area contributed by atoms with E-state index >= 15 is 0 Å². The lowest BCUT2D eigenvalue weighted by atomic mass is 9.70. The van der Waals surface area contributed by atoms with Crippen LogP contribution in [0.15, 0.2) is 11.8 Å². The Labute approximate surface area is 207 Å². The molecule has 3 unspecified atom stereocenters. The number of hydrogen-bond acceptors (Lipinski definition) is 15. The van der Waals surface area contributed by atoms with Crippen molar-refractivity contribution >= 4 is 26.7 Å². The Morgan fingerprint density at radius 2 is 1.72 bits per heavy atom. The highest BCUT2D eigenvalue weighted by Gasteiger charge is 2.57. The SMILES string of the molecule is CC1(C)OC(CO)[C@@](C)(COC[C@@]2(C)OC(C(=O)[O-])=C[C@@H](O)C2OS(=O)(=O)[O-])[C@@H](O)C1NS(=O)(=O)[O-]. The Bertz CT molecular complexity index is 1070. The van der Waals surface area contributed by atoms with Crippen molar-refractivity contribution in [2.75, 3.05) is 19.8 Å². The summed E-state index contributed by atoms with van der Waals surface area (Å²) < 4.78 is 90.0. The average molecular weight is 563 g/mol. The molecule has 7 atom stereocenters. The Hall–Kier alpha value is -1.45. The first-order chi connectivity index (χ1) is 16.2. The number of hydrogen-bond donors (Lipinski definition) is 4. The van der Waals surface area contributed by atoms with E-state index in [9.17, 15) is 51.2 Å². The molecule has 210 valence electrons. The predicted molar refractivity (Wildman–Crippen MR) is 111 cm³/mol. The van der Waals surface area contributed by atoms with Crippen LogP contribution in [0, 0.1) is 5.41 Å². The summed E-state index contributed by atoms with van der Waals surface area (Å²) in [5.41, 5.74) is -5.17. The number of aliphatic hydroxyl groups excluding tert-OH is 3. The molecule has 0 bridgehead atoms. The van der Waals surface area contributed by atoms with Crippen LogP contribution in [0.3, 0.4) is 0 Å². The van der Waals surface area contributed by atoms with E-state index in [1.54, 1.807) is 4.72 Å². The van der Waals surface area contributed by atoms with Gasteiger partial charge in [0.15, 0.2) is 15.9 Å². The van der Waals surface area contributed by atoms with Crippen LogP contribution in [0.4, 0.5) is 0 Å². The van der Waals surface area contributed by atoms with Gasteiger partial charge in [-0.1, -0.05) is 6.92 Å². The maximum Gasteiger partial charge on any atom is 0.218 e. The largest absolute Gasteiger partial charge is 0.735 e. The number of carbonyl (C=O) groups excluding carboxylic acids is 1. The third-order valence-corrected chi connectivity index (χ3v) is 7.15.